The van der Waals surface area contributed by atoms with Gasteiger partial charge in [0, 0.05) is 24.1 Å². The Labute approximate surface area is 135 Å². The highest BCUT2D eigenvalue weighted by molar-refractivity contribution is 5.93. The highest BCUT2D eigenvalue weighted by Gasteiger charge is 2.47. The summed E-state index contributed by atoms with van der Waals surface area (Å²) in [7, 11) is 1.52. The molecule has 1 saturated carbocycles. The van der Waals surface area contributed by atoms with Gasteiger partial charge >= 0.3 is 6.09 Å². The number of ether oxygens (including phenoxy) is 2. The Morgan fingerprint density at radius 3 is 2.48 bits per heavy atom. The summed E-state index contributed by atoms with van der Waals surface area (Å²) in [6, 6.07) is 7.22. The van der Waals surface area contributed by atoms with Crippen molar-refractivity contribution in [2.45, 2.75) is 44.6 Å². The van der Waals surface area contributed by atoms with Gasteiger partial charge in [0.1, 0.15) is 17.1 Å². The zero-order valence-corrected chi connectivity index (χ0v) is 13.7. The number of amides is 1. The molecule has 1 fully saturated rings. The van der Waals surface area contributed by atoms with Crippen LogP contribution in [0.1, 0.15) is 39.2 Å². The van der Waals surface area contributed by atoms with E-state index in [0.717, 1.165) is 0 Å². The Morgan fingerprint density at radius 1 is 1.35 bits per heavy atom. The molecule has 0 spiro atoms. The lowest BCUT2D eigenvalue weighted by atomic mass is 9.64. The number of carbonyl (C=O) groups excluding carboxylic acids is 2. The van der Waals surface area contributed by atoms with Crippen LogP contribution in [0.4, 0.5) is 10.5 Å². The summed E-state index contributed by atoms with van der Waals surface area (Å²) in [4.78, 5) is 23.4. The molecule has 0 aliphatic heterocycles. The molecule has 122 valence electrons. The van der Waals surface area contributed by atoms with E-state index in [2.05, 4.69) is 11.4 Å². The Balaban J connectivity index is 2.35. The second-order valence-corrected chi connectivity index (χ2v) is 6.62. The van der Waals surface area contributed by atoms with E-state index in [-0.39, 0.29) is 18.6 Å². The van der Waals surface area contributed by atoms with Crippen molar-refractivity contribution in [1.29, 1.82) is 5.26 Å². The van der Waals surface area contributed by atoms with Gasteiger partial charge in [0.15, 0.2) is 0 Å². The van der Waals surface area contributed by atoms with E-state index < -0.39 is 17.1 Å². The smallest absolute Gasteiger partial charge is 0.412 e. The Morgan fingerprint density at radius 2 is 2.00 bits per heavy atom. The number of Topliss-reactive ketones (excluding diaryl/α,β-unsaturated/α-hetero) is 1. The molecule has 0 radical (unpaired) electrons. The summed E-state index contributed by atoms with van der Waals surface area (Å²) in [6.07, 6.45) is -0.332. The van der Waals surface area contributed by atoms with E-state index in [4.69, 9.17) is 9.47 Å². The van der Waals surface area contributed by atoms with Crippen molar-refractivity contribution in [3.05, 3.63) is 23.8 Å². The van der Waals surface area contributed by atoms with Crippen LogP contribution in [0, 0.1) is 11.3 Å². The SMILES string of the molecule is COc1ccc(NC(=O)OC(C)(C)C)c(C2(C#N)CC(=O)C2)c1. The molecular formula is C17H20N2O4. The van der Waals surface area contributed by atoms with Gasteiger partial charge in [-0.1, -0.05) is 0 Å². The maximum Gasteiger partial charge on any atom is 0.412 e. The third-order valence-electron chi connectivity index (χ3n) is 3.59. The first-order valence-electron chi connectivity index (χ1n) is 7.30. The van der Waals surface area contributed by atoms with Crippen LogP contribution in [0.5, 0.6) is 5.75 Å². The topological polar surface area (TPSA) is 88.4 Å². The summed E-state index contributed by atoms with van der Waals surface area (Å²) in [5.74, 6) is 0.585. The molecule has 0 atom stereocenters. The maximum absolute atomic E-state index is 12.0. The number of nitrogens with one attached hydrogen (secondary N) is 1. The molecule has 23 heavy (non-hydrogen) atoms. The normalized spacial score (nSPS) is 16.0. The summed E-state index contributed by atoms with van der Waals surface area (Å²) in [5.41, 5.74) is -0.523. The van der Waals surface area contributed by atoms with Crippen LogP contribution in [-0.2, 0) is 14.9 Å². The molecule has 0 heterocycles. The fourth-order valence-electron chi connectivity index (χ4n) is 2.52. The largest absolute Gasteiger partial charge is 0.497 e. The average Bonchev–Trinajstić information content (AvgIpc) is 2.42. The summed E-state index contributed by atoms with van der Waals surface area (Å²) >= 11 is 0. The number of hydrogen-bond donors (Lipinski definition) is 1. The molecule has 1 amide bonds. The third kappa shape index (κ3) is 3.62. The lowest BCUT2D eigenvalue weighted by Crippen LogP contribution is -2.41. The van der Waals surface area contributed by atoms with Crippen LogP contribution in [0.25, 0.3) is 0 Å². The number of nitriles is 1. The first-order chi connectivity index (χ1) is 10.7. The second-order valence-electron chi connectivity index (χ2n) is 6.62. The highest BCUT2D eigenvalue weighted by Crippen LogP contribution is 2.45. The predicted molar refractivity (Wildman–Crippen MR) is 84.4 cm³/mol. The van der Waals surface area contributed by atoms with Crippen LogP contribution in [0.15, 0.2) is 18.2 Å². The van der Waals surface area contributed by atoms with E-state index in [9.17, 15) is 14.9 Å². The van der Waals surface area contributed by atoms with Crippen LogP contribution >= 0.6 is 0 Å². The molecule has 6 nitrogen and oxygen atoms in total. The molecule has 6 heteroatoms. The van der Waals surface area contributed by atoms with Gasteiger partial charge in [0.05, 0.1) is 18.6 Å². The van der Waals surface area contributed by atoms with Crippen LogP contribution < -0.4 is 10.1 Å². The minimum absolute atomic E-state index is 0.0255. The van der Waals surface area contributed by atoms with Gasteiger partial charge in [-0.3, -0.25) is 10.1 Å². The Kier molecular flexibility index (Phi) is 4.33. The van der Waals surface area contributed by atoms with Crippen LogP contribution in [-0.4, -0.2) is 24.6 Å². The first-order valence-corrected chi connectivity index (χ1v) is 7.30. The van der Waals surface area contributed by atoms with Crippen molar-refractivity contribution in [2.24, 2.45) is 0 Å². The summed E-state index contributed by atoms with van der Waals surface area (Å²) in [5, 5.41) is 12.2. The molecule has 1 aromatic carbocycles. The van der Waals surface area contributed by atoms with Gasteiger partial charge in [0.25, 0.3) is 0 Å². The maximum atomic E-state index is 12.0. The van der Waals surface area contributed by atoms with Crippen LogP contribution in [0.3, 0.4) is 0 Å². The molecule has 1 aromatic rings. The van der Waals surface area contributed by atoms with E-state index in [1.807, 2.05) is 0 Å². The second kappa shape index (κ2) is 5.92. The van der Waals surface area contributed by atoms with Gasteiger partial charge in [-0.15, -0.1) is 0 Å². The fraction of sp³-hybridized carbons (Fsp3) is 0.471. The molecule has 1 aliphatic rings. The van der Waals surface area contributed by atoms with E-state index >= 15 is 0 Å². The molecule has 0 unspecified atom stereocenters. The predicted octanol–water partition coefficient (Wildman–Crippen LogP) is 3.17. The van der Waals surface area contributed by atoms with Crippen molar-refractivity contribution in [2.75, 3.05) is 12.4 Å². The molecule has 1 aliphatic carbocycles. The zero-order valence-electron chi connectivity index (χ0n) is 13.7. The van der Waals surface area contributed by atoms with Gasteiger partial charge in [0.2, 0.25) is 0 Å². The molecule has 2 rings (SSSR count). The lowest BCUT2D eigenvalue weighted by molar-refractivity contribution is -0.126. The van der Waals surface area contributed by atoms with Crippen molar-refractivity contribution in [3.63, 3.8) is 0 Å². The van der Waals surface area contributed by atoms with Crippen molar-refractivity contribution in [1.82, 2.24) is 0 Å². The molecular weight excluding hydrogens is 296 g/mol. The third-order valence-corrected chi connectivity index (χ3v) is 3.59. The number of carbonyl (C=O) groups is 2. The molecule has 1 N–H and O–H groups in total. The minimum atomic E-state index is -0.921. The number of rotatable bonds is 3. The van der Waals surface area contributed by atoms with Gasteiger partial charge in [-0.05, 0) is 39.0 Å². The Hall–Kier alpha value is -2.55. The molecule has 0 saturated heterocycles. The lowest BCUT2D eigenvalue weighted by Gasteiger charge is -2.35. The van der Waals surface area contributed by atoms with Crippen molar-refractivity contribution in [3.8, 4) is 11.8 Å². The van der Waals surface area contributed by atoms with Crippen molar-refractivity contribution >= 4 is 17.6 Å². The van der Waals surface area contributed by atoms with Gasteiger partial charge in [-0.25, -0.2) is 4.79 Å². The highest BCUT2D eigenvalue weighted by atomic mass is 16.6. The standard InChI is InChI=1S/C17H20N2O4/c1-16(2,3)23-15(21)19-14-6-5-12(22-4)7-13(14)17(10-18)8-11(20)9-17/h5-7H,8-9H2,1-4H3,(H,19,21). The average molecular weight is 316 g/mol. The van der Waals surface area contributed by atoms with Gasteiger partial charge < -0.3 is 9.47 Å². The summed E-state index contributed by atoms with van der Waals surface area (Å²) in [6.45, 7) is 5.30. The number of ketones is 1. The fourth-order valence-corrected chi connectivity index (χ4v) is 2.52. The number of benzene rings is 1. The Bertz CT molecular complexity index is 675. The monoisotopic (exact) mass is 316 g/mol. The van der Waals surface area contributed by atoms with Crippen molar-refractivity contribution < 1.29 is 19.1 Å². The van der Waals surface area contributed by atoms with E-state index in [1.54, 1.807) is 39.0 Å². The number of anilines is 1. The quantitative estimate of drug-likeness (QED) is 0.925. The molecule has 0 bridgehead atoms. The first kappa shape index (κ1) is 16.8. The van der Waals surface area contributed by atoms with E-state index in [1.165, 1.54) is 7.11 Å². The summed E-state index contributed by atoms with van der Waals surface area (Å²) < 4.78 is 10.4. The number of nitrogens with zero attached hydrogens (tertiary/aromatic N) is 1. The van der Waals surface area contributed by atoms with E-state index in [0.29, 0.717) is 17.0 Å². The van der Waals surface area contributed by atoms with Gasteiger partial charge in [-0.2, -0.15) is 5.26 Å². The number of methoxy groups -OCH3 is 1. The zero-order chi connectivity index (χ0) is 17.3. The number of hydrogen-bond acceptors (Lipinski definition) is 5. The minimum Gasteiger partial charge on any atom is -0.497 e. The molecule has 0 aromatic heterocycles. The van der Waals surface area contributed by atoms with Crippen LogP contribution in [0.2, 0.25) is 0 Å².